The molecule has 1 aromatic rings. The summed E-state index contributed by atoms with van der Waals surface area (Å²) in [6.45, 7) is 1.92. The lowest BCUT2D eigenvalue weighted by atomic mass is 10.1. The minimum Gasteiger partial charge on any atom is -0.316 e. The fourth-order valence-electron chi connectivity index (χ4n) is 2.50. The molecule has 19 heavy (non-hydrogen) atoms. The Kier molecular flexibility index (Phi) is 3.08. The zero-order chi connectivity index (χ0) is 13.8. The van der Waals surface area contributed by atoms with Crippen LogP contribution in [0.4, 0.5) is 5.00 Å². The van der Waals surface area contributed by atoms with Gasteiger partial charge in [0.05, 0.1) is 14.2 Å². The van der Waals surface area contributed by atoms with Crippen LogP contribution in [-0.4, -0.2) is 9.14 Å². The van der Waals surface area contributed by atoms with Gasteiger partial charge in [0.25, 0.3) is 0 Å². The van der Waals surface area contributed by atoms with Crippen LogP contribution in [-0.2, 0) is 17.6 Å². The summed E-state index contributed by atoms with van der Waals surface area (Å²) in [5.74, 6) is -0.0299. The van der Waals surface area contributed by atoms with Crippen molar-refractivity contribution in [1.82, 2.24) is 0 Å². The second-order valence-electron chi connectivity index (χ2n) is 5.34. The number of halogens is 2. The molecule has 1 saturated carbocycles. The topological polar surface area (TPSA) is 52.9 Å². The summed E-state index contributed by atoms with van der Waals surface area (Å²) in [4.78, 5) is 13.6. The third-order valence-corrected chi connectivity index (χ3v) is 7.54. The van der Waals surface area contributed by atoms with E-state index in [9.17, 15) is 10.1 Å². The Morgan fingerprint density at radius 2 is 2.16 bits per heavy atom. The number of nitriles is 1. The van der Waals surface area contributed by atoms with E-state index in [1.165, 1.54) is 4.88 Å². The first-order chi connectivity index (χ1) is 8.89. The van der Waals surface area contributed by atoms with E-state index in [1.54, 1.807) is 11.3 Å². The summed E-state index contributed by atoms with van der Waals surface area (Å²) in [6, 6.07) is 2.25. The van der Waals surface area contributed by atoms with E-state index in [4.69, 9.17) is 0 Å². The summed E-state index contributed by atoms with van der Waals surface area (Å²) >= 11 is 8.55. The van der Waals surface area contributed by atoms with Crippen LogP contribution in [0, 0.1) is 16.7 Å². The van der Waals surface area contributed by atoms with Crippen LogP contribution >= 0.6 is 43.2 Å². The molecule has 3 rings (SSSR count). The molecule has 3 nitrogen and oxygen atoms in total. The number of amides is 1. The fraction of sp³-hybridized carbons (Fsp3) is 0.538. The highest BCUT2D eigenvalue weighted by Crippen LogP contribution is 2.66. The molecule has 1 unspecified atom stereocenters. The maximum Gasteiger partial charge on any atom is 0.233 e. The van der Waals surface area contributed by atoms with Crippen LogP contribution in [0.25, 0.3) is 0 Å². The Morgan fingerprint density at radius 3 is 2.74 bits per heavy atom. The quantitative estimate of drug-likeness (QED) is 0.760. The van der Waals surface area contributed by atoms with Gasteiger partial charge in [-0.05, 0) is 38.2 Å². The van der Waals surface area contributed by atoms with Gasteiger partial charge >= 0.3 is 0 Å². The van der Waals surface area contributed by atoms with Crippen molar-refractivity contribution >= 4 is 54.1 Å². The van der Waals surface area contributed by atoms with Gasteiger partial charge in [0.15, 0.2) is 0 Å². The molecule has 1 N–H and O–H groups in total. The molecule has 0 radical (unpaired) electrons. The van der Waals surface area contributed by atoms with Crippen molar-refractivity contribution in [3.63, 3.8) is 0 Å². The Balaban J connectivity index is 1.86. The first kappa shape index (κ1) is 13.6. The normalized spacial score (nSPS) is 26.6. The summed E-state index contributed by atoms with van der Waals surface area (Å²) in [6.07, 6.45) is 3.86. The molecular formula is C13H12Br2N2OS. The maximum atomic E-state index is 12.3. The second-order valence-corrected chi connectivity index (χ2v) is 10.2. The van der Waals surface area contributed by atoms with Crippen LogP contribution in [0.1, 0.15) is 35.8 Å². The van der Waals surface area contributed by atoms with E-state index in [2.05, 4.69) is 43.2 Å². The van der Waals surface area contributed by atoms with Crippen molar-refractivity contribution in [1.29, 1.82) is 5.26 Å². The van der Waals surface area contributed by atoms with Gasteiger partial charge in [-0.15, -0.1) is 11.3 Å². The third kappa shape index (κ3) is 1.98. The maximum absolute atomic E-state index is 12.3. The van der Waals surface area contributed by atoms with Gasteiger partial charge in [0.2, 0.25) is 5.91 Å². The Bertz CT molecular complexity index is 617. The Hall–Kier alpha value is -0.380. The SMILES string of the molecule is CC1(C(=O)Nc2sc3c(c2C#N)CCC3)CC1(Br)Br. The number of nitrogens with one attached hydrogen (secondary N) is 1. The molecule has 1 fully saturated rings. The number of carbonyl (C=O) groups excluding carboxylic acids is 1. The highest BCUT2D eigenvalue weighted by molar-refractivity contribution is 9.25. The zero-order valence-corrected chi connectivity index (χ0v) is 14.3. The van der Waals surface area contributed by atoms with Crippen LogP contribution in [0.5, 0.6) is 0 Å². The lowest BCUT2D eigenvalue weighted by Crippen LogP contribution is -2.25. The number of rotatable bonds is 2. The van der Waals surface area contributed by atoms with Crippen LogP contribution in [0.15, 0.2) is 0 Å². The van der Waals surface area contributed by atoms with Gasteiger partial charge in [-0.25, -0.2) is 0 Å². The standard InChI is InChI=1S/C13H12Br2N2OS/c1-12(6-13(12,14)15)11(18)17-10-8(5-16)7-3-2-4-9(7)19-10/h2-4,6H2,1H3,(H,17,18). The number of hydrogen-bond acceptors (Lipinski definition) is 3. The molecule has 2 aliphatic rings. The van der Waals surface area contributed by atoms with E-state index in [-0.39, 0.29) is 9.14 Å². The molecule has 1 aromatic heterocycles. The molecule has 0 bridgehead atoms. The van der Waals surface area contributed by atoms with E-state index in [1.807, 2.05) is 6.92 Å². The lowest BCUT2D eigenvalue weighted by Gasteiger charge is -2.12. The van der Waals surface area contributed by atoms with Gasteiger partial charge in [-0.3, -0.25) is 4.79 Å². The van der Waals surface area contributed by atoms with Crippen molar-refractivity contribution in [2.45, 2.75) is 35.8 Å². The summed E-state index contributed by atoms with van der Waals surface area (Å²) in [7, 11) is 0. The molecule has 1 heterocycles. The van der Waals surface area contributed by atoms with Gasteiger partial charge in [-0.1, -0.05) is 31.9 Å². The highest BCUT2D eigenvalue weighted by atomic mass is 79.9. The first-order valence-electron chi connectivity index (χ1n) is 6.13. The van der Waals surface area contributed by atoms with Gasteiger partial charge in [-0.2, -0.15) is 5.26 Å². The van der Waals surface area contributed by atoms with Gasteiger partial charge in [0, 0.05) is 4.88 Å². The molecule has 0 aromatic carbocycles. The van der Waals surface area contributed by atoms with Crippen molar-refractivity contribution in [2.24, 2.45) is 5.41 Å². The second kappa shape index (κ2) is 4.31. The molecule has 100 valence electrons. The Morgan fingerprint density at radius 1 is 1.47 bits per heavy atom. The minimum atomic E-state index is -0.450. The van der Waals surface area contributed by atoms with E-state index in [0.717, 1.165) is 36.2 Å². The lowest BCUT2D eigenvalue weighted by molar-refractivity contribution is -0.120. The number of thiophene rings is 1. The number of alkyl halides is 2. The molecule has 1 atom stereocenters. The largest absolute Gasteiger partial charge is 0.316 e. The van der Waals surface area contributed by atoms with Gasteiger partial charge in [0.1, 0.15) is 11.1 Å². The molecule has 0 spiro atoms. The fourth-order valence-corrected chi connectivity index (χ4v) is 5.21. The molecular weight excluding hydrogens is 392 g/mol. The van der Waals surface area contributed by atoms with E-state index >= 15 is 0 Å². The van der Waals surface area contributed by atoms with Crippen molar-refractivity contribution < 1.29 is 4.79 Å². The molecule has 0 aliphatic heterocycles. The first-order valence-corrected chi connectivity index (χ1v) is 8.53. The van der Waals surface area contributed by atoms with Crippen molar-refractivity contribution in [3.8, 4) is 6.07 Å². The highest BCUT2D eigenvalue weighted by Gasteiger charge is 2.66. The average Bonchev–Trinajstić information content (AvgIpc) is 2.71. The molecule has 0 saturated heterocycles. The van der Waals surface area contributed by atoms with Crippen molar-refractivity contribution in [2.75, 3.05) is 5.32 Å². The number of aryl methyl sites for hydroxylation is 1. The summed E-state index contributed by atoms with van der Waals surface area (Å²) < 4.78 is -0.302. The van der Waals surface area contributed by atoms with Crippen molar-refractivity contribution in [3.05, 3.63) is 16.0 Å². The number of fused-ring (bicyclic) bond motifs is 1. The Labute approximate surface area is 132 Å². The molecule has 6 heteroatoms. The minimum absolute atomic E-state index is 0.0299. The predicted octanol–water partition coefficient (Wildman–Crippen LogP) is 3.94. The third-order valence-electron chi connectivity index (χ3n) is 4.02. The van der Waals surface area contributed by atoms with E-state index < -0.39 is 5.41 Å². The average molecular weight is 404 g/mol. The monoisotopic (exact) mass is 402 g/mol. The zero-order valence-electron chi connectivity index (χ0n) is 10.3. The van der Waals surface area contributed by atoms with Gasteiger partial charge < -0.3 is 5.32 Å². The van der Waals surface area contributed by atoms with Crippen LogP contribution < -0.4 is 5.32 Å². The number of carbonyl (C=O) groups is 1. The number of nitrogens with zero attached hydrogens (tertiary/aromatic N) is 1. The molecule has 1 amide bonds. The van der Waals surface area contributed by atoms with Crippen LogP contribution in [0.2, 0.25) is 0 Å². The number of anilines is 1. The van der Waals surface area contributed by atoms with Crippen LogP contribution in [0.3, 0.4) is 0 Å². The van der Waals surface area contributed by atoms with E-state index in [0.29, 0.717) is 5.56 Å². The molecule has 2 aliphatic carbocycles. The smallest absolute Gasteiger partial charge is 0.233 e. The summed E-state index contributed by atoms with van der Waals surface area (Å²) in [5.41, 5.74) is 1.37. The summed E-state index contributed by atoms with van der Waals surface area (Å²) in [5, 5.41) is 13.0. The number of hydrogen-bond donors (Lipinski definition) is 1. The predicted molar refractivity (Wildman–Crippen MR) is 83.0 cm³/mol.